The first-order valence-corrected chi connectivity index (χ1v) is 9.63. The van der Waals surface area contributed by atoms with E-state index in [0.717, 1.165) is 22.8 Å². The highest BCUT2D eigenvalue weighted by molar-refractivity contribution is 5.65. The van der Waals surface area contributed by atoms with Crippen molar-refractivity contribution in [3.8, 4) is 0 Å². The number of benzene rings is 3. The van der Waals surface area contributed by atoms with E-state index in [1.165, 1.54) is 18.2 Å². The van der Waals surface area contributed by atoms with Gasteiger partial charge in [0.1, 0.15) is 0 Å². The molecule has 1 heterocycles. The summed E-state index contributed by atoms with van der Waals surface area (Å²) in [5.41, 5.74) is 3.04. The van der Waals surface area contributed by atoms with E-state index in [-0.39, 0.29) is 23.1 Å². The van der Waals surface area contributed by atoms with Gasteiger partial charge in [-0.15, -0.1) is 0 Å². The molecule has 3 aromatic carbocycles. The fourth-order valence-electron chi connectivity index (χ4n) is 5.00. The minimum Gasteiger partial charge on any atom is -0.378 e. The van der Waals surface area contributed by atoms with E-state index in [4.69, 9.17) is 0 Å². The molecule has 4 nitrogen and oxygen atoms in total. The van der Waals surface area contributed by atoms with Gasteiger partial charge in [-0.05, 0) is 46.7 Å². The number of fused-ring (bicyclic) bond motifs is 5. The zero-order valence-corrected chi connectivity index (χ0v) is 15.7. The second kappa shape index (κ2) is 6.58. The molecule has 0 bridgehead atoms. The van der Waals surface area contributed by atoms with Crippen LogP contribution in [0.15, 0.2) is 66.7 Å². The van der Waals surface area contributed by atoms with Gasteiger partial charge < -0.3 is 5.32 Å². The van der Waals surface area contributed by atoms with Crippen molar-refractivity contribution in [2.75, 3.05) is 5.32 Å². The van der Waals surface area contributed by atoms with Crippen molar-refractivity contribution in [1.82, 2.24) is 0 Å². The lowest BCUT2D eigenvalue weighted by atomic mass is 9.74. The van der Waals surface area contributed by atoms with E-state index < -0.39 is 22.7 Å². The highest BCUT2D eigenvalue weighted by atomic mass is 19.4. The van der Waals surface area contributed by atoms with Crippen LogP contribution in [0.2, 0.25) is 0 Å². The van der Waals surface area contributed by atoms with Gasteiger partial charge in [-0.1, -0.05) is 42.5 Å². The second-order valence-corrected chi connectivity index (χ2v) is 7.78. The van der Waals surface area contributed by atoms with Crippen LogP contribution in [0.5, 0.6) is 0 Å². The summed E-state index contributed by atoms with van der Waals surface area (Å²) in [5.74, 6) is -0.385. The third-order valence-corrected chi connectivity index (χ3v) is 6.20. The Morgan fingerprint density at radius 3 is 2.37 bits per heavy atom. The zero-order chi connectivity index (χ0) is 21.0. The van der Waals surface area contributed by atoms with Crippen molar-refractivity contribution in [1.29, 1.82) is 0 Å². The maximum Gasteiger partial charge on any atom is 0.416 e. The molecule has 5 rings (SSSR count). The van der Waals surface area contributed by atoms with Crippen LogP contribution >= 0.6 is 0 Å². The van der Waals surface area contributed by atoms with Crippen molar-refractivity contribution in [2.24, 2.45) is 5.92 Å². The van der Waals surface area contributed by atoms with Crippen molar-refractivity contribution < 1.29 is 18.1 Å². The van der Waals surface area contributed by atoms with Crippen LogP contribution in [0.3, 0.4) is 0 Å². The average molecular weight is 410 g/mol. The quantitative estimate of drug-likeness (QED) is 0.411. The lowest BCUT2D eigenvalue weighted by Gasteiger charge is -2.38. The fourth-order valence-corrected chi connectivity index (χ4v) is 5.00. The van der Waals surface area contributed by atoms with E-state index in [1.807, 2.05) is 24.3 Å². The van der Waals surface area contributed by atoms with Crippen LogP contribution in [0.1, 0.15) is 39.8 Å². The molecule has 3 atom stereocenters. The molecule has 2 aliphatic rings. The van der Waals surface area contributed by atoms with Gasteiger partial charge in [0.25, 0.3) is 5.69 Å². The molecule has 3 aromatic rings. The lowest BCUT2D eigenvalue weighted by Crippen LogP contribution is -2.32. The summed E-state index contributed by atoms with van der Waals surface area (Å²) in [5, 5.41) is 14.6. The molecular weight excluding hydrogens is 393 g/mol. The summed E-state index contributed by atoms with van der Waals surface area (Å²) in [7, 11) is 0. The normalized spacial score (nSPS) is 21.9. The minimum absolute atomic E-state index is 0.0205. The van der Waals surface area contributed by atoms with Crippen molar-refractivity contribution in [2.45, 2.75) is 24.6 Å². The van der Waals surface area contributed by atoms with Gasteiger partial charge >= 0.3 is 6.18 Å². The van der Waals surface area contributed by atoms with Crippen LogP contribution in [0.25, 0.3) is 0 Å². The Labute approximate surface area is 170 Å². The molecule has 0 unspecified atom stereocenters. The maximum atomic E-state index is 13.7. The van der Waals surface area contributed by atoms with Crippen molar-refractivity contribution in [3.63, 3.8) is 0 Å². The second-order valence-electron chi connectivity index (χ2n) is 7.78. The van der Waals surface area contributed by atoms with Crippen molar-refractivity contribution >= 4 is 11.4 Å². The SMILES string of the molecule is O=[N+]([O-])c1ccc2c(c1)[C@@H]1c3ccccc3C[C@@H]1[C@@H](c1ccccc1C(F)(F)F)N2. The highest BCUT2D eigenvalue weighted by Gasteiger charge is 2.46. The molecule has 7 heteroatoms. The Bertz CT molecular complexity index is 1160. The number of nitro benzene ring substituents is 1. The Morgan fingerprint density at radius 1 is 0.933 bits per heavy atom. The number of rotatable bonds is 2. The molecule has 0 spiro atoms. The number of non-ortho nitro benzene ring substituents is 1. The summed E-state index contributed by atoms with van der Waals surface area (Å²) in [6.45, 7) is 0. The number of hydrogen-bond acceptors (Lipinski definition) is 3. The van der Waals surface area contributed by atoms with Crippen LogP contribution in [-0.4, -0.2) is 4.92 Å². The maximum absolute atomic E-state index is 13.7. The molecule has 1 N–H and O–H groups in total. The number of nitrogens with zero attached hydrogens (tertiary/aromatic N) is 1. The first-order chi connectivity index (χ1) is 14.3. The highest BCUT2D eigenvalue weighted by Crippen LogP contribution is 2.55. The predicted molar refractivity (Wildman–Crippen MR) is 106 cm³/mol. The van der Waals surface area contributed by atoms with E-state index in [1.54, 1.807) is 18.2 Å². The summed E-state index contributed by atoms with van der Waals surface area (Å²) >= 11 is 0. The molecule has 1 aliphatic carbocycles. The monoisotopic (exact) mass is 410 g/mol. The Kier molecular flexibility index (Phi) is 4.10. The molecule has 0 saturated carbocycles. The van der Waals surface area contributed by atoms with Gasteiger partial charge in [-0.2, -0.15) is 13.2 Å². The molecule has 0 saturated heterocycles. The Balaban J connectivity index is 1.70. The van der Waals surface area contributed by atoms with Crippen LogP contribution in [-0.2, 0) is 12.6 Å². The summed E-state index contributed by atoms with van der Waals surface area (Å²) < 4.78 is 41.2. The van der Waals surface area contributed by atoms with E-state index in [9.17, 15) is 23.3 Å². The number of nitrogens with one attached hydrogen (secondary N) is 1. The Hall–Kier alpha value is -3.35. The Morgan fingerprint density at radius 2 is 1.63 bits per heavy atom. The first-order valence-electron chi connectivity index (χ1n) is 9.63. The molecule has 30 heavy (non-hydrogen) atoms. The molecule has 0 fully saturated rings. The summed E-state index contributed by atoms with van der Waals surface area (Å²) in [4.78, 5) is 10.9. The van der Waals surface area contributed by atoms with Crippen LogP contribution < -0.4 is 5.32 Å². The summed E-state index contributed by atoms with van der Waals surface area (Å²) in [6, 6.07) is 17.4. The van der Waals surface area contributed by atoms with Gasteiger partial charge in [-0.3, -0.25) is 10.1 Å². The topological polar surface area (TPSA) is 55.2 Å². The average Bonchev–Trinajstić information content (AvgIpc) is 3.12. The van der Waals surface area contributed by atoms with Gasteiger partial charge in [-0.25, -0.2) is 0 Å². The standard InChI is InChI=1S/C23H17F3N2O2/c24-23(25,26)19-8-4-3-7-16(19)22-18-11-13-5-1-2-6-15(13)21(18)17-12-14(28(29)30)9-10-20(17)27-22/h1-10,12,18,21-22,27H,11H2/t18-,21-,22+/m0/s1. The minimum atomic E-state index is -4.46. The smallest absolute Gasteiger partial charge is 0.378 e. The number of nitro groups is 1. The van der Waals surface area contributed by atoms with Gasteiger partial charge in [0.05, 0.1) is 16.5 Å². The number of hydrogen-bond donors (Lipinski definition) is 1. The van der Waals surface area contributed by atoms with Gasteiger partial charge in [0.15, 0.2) is 0 Å². The zero-order valence-electron chi connectivity index (χ0n) is 15.7. The largest absolute Gasteiger partial charge is 0.416 e. The molecule has 0 amide bonds. The fraction of sp³-hybridized carbons (Fsp3) is 0.217. The number of alkyl halides is 3. The van der Waals surface area contributed by atoms with Gasteiger partial charge in [0, 0.05) is 23.7 Å². The molecule has 1 aliphatic heterocycles. The third-order valence-electron chi connectivity index (χ3n) is 6.20. The van der Waals surface area contributed by atoms with E-state index in [0.29, 0.717) is 12.1 Å². The molecule has 0 aromatic heterocycles. The van der Waals surface area contributed by atoms with Crippen molar-refractivity contribution in [3.05, 3.63) is 105 Å². The number of anilines is 1. The number of halogens is 3. The molecule has 152 valence electrons. The van der Waals surface area contributed by atoms with Crippen LogP contribution in [0.4, 0.5) is 24.5 Å². The van der Waals surface area contributed by atoms with E-state index in [2.05, 4.69) is 5.32 Å². The summed E-state index contributed by atoms with van der Waals surface area (Å²) in [6.07, 6.45) is -3.86. The van der Waals surface area contributed by atoms with Crippen LogP contribution in [0, 0.1) is 16.0 Å². The van der Waals surface area contributed by atoms with E-state index >= 15 is 0 Å². The molecular formula is C23H17F3N2O2. The molecule has 0 radical (unpaired) electrons. The van der Waals surface area contributed by atoms with Gasteiger partial charge in [0.2, 0.25) is 0 Å². The predicted octanol–water partition coefficient (Wildman–Crippen LogP) is 6.08. The lowest BCUT2D eigenvalue weighted by molar-refractivity contribution is -0.384. The first kappa shape index (κ1) is 18.7. The third kappa shape index (κ3) is 2.84.